The Balaban J connectivity index is 2.30. The van der Waals surface area contributed by atoms with Crippen LogP contribution in [0.15, 0.2) is 29.6 Å². The SMILES string of the molecule is NC(=O)COc1ccccc1-c1csc(N)n1. The van der Waals surface area contributed by atoms with Crippen molar-refractivity contribution in [2.24, 2.45) is 5.73 Å². The van der Waals surface area contributed by atoms with Crippen LogP contribution in [0.3, 0.4) is 0 Å². The van der Waals surface area contributed by atoms with Gasteiger partial charge < -0.3 is 16.2 Å². The summed E-state index contributed by atoms with van der Waals surface area (Å²) in [5, 5.41) is 2.33. The second-order valence-corrected chi connectivity index (χ2v) is 4.21. The van der Waals surface area contributed by atoms with Crippen molar-refractivity contribution < 1.29 is 9.53 Å². The van der Waals surface area contributed by atoms with Gasteiger partial charge in [-0.1, -0.05) is 12.1 Å². The van der Waals surface area contributed by atoms with Gasteiger partial charge in [-0.25, -0.2) is 4.98 Å². The second-order valence-electron chi connectivity index (χ2n) is 3.32. The van der Waals surface area contributed by atoms with Crippen molar-refractivity contribution in [3.05, 3.63) is 29.6 Å². The van der Waals surface area contributed by atoms with Crippen molar-refractivity contribution in [3.63, 3.8) is 0 Å². The number of thiazole rings is 1. The van der Waals surface area contributed by atoms with Crippen LogP contribution in [0.4, 0.5) is 5.13 Å². The summed E-state index contributed by atoms with van der Waals surface area (Å²) in [7, 11) is 0. The van der Waals surface area contributed by atoms with Gasteiger partial charge in [0.15, 0.2) is 11.7 Å². The molecular formula is C11H11N3O2S. The Morgan fingerprint density at radius 2 is 2.18 bits per heavy atom. The number of nitrogen functional groups attached to an aromatic ring is 1. The Kier molecular flexibility index (Phi) is 3.24. The summed E-state index contributed by atoms with van der Waals surface area (Å²) < 4.78 is 5.31. The largest absolute Gasteiger partial charge is 0.483 e. The number of para-hydroxylation sites is 1. The molecule has 1 heterocycles. The van der Waals surface area contributed by atoms with Gasteiger partial charge in [0.1, 0.15) is 5.75 Å². The van der Waals surface area contributed by atoms with Crippen molar-refractivity contribution in [1.82, 2.24) is 4.98 Å². The van der Waals surface area contributed by atoms with Crippen molar-refractivity contribution in [1.29, 1.82) is 0 Å². The number of hydrogen-bond acceptors (Lipinski definition) is 5. The lowest BCUT2D eigenvalue weighted by Crippen LogP contribution is -2.20. The second kappa shape index (κ2) is 4.84. The zero-order valence-electron chi connectivity index (χ0n) is 8.92. The molecule has 0 atom stereocenters. The third kappa shape index (κ3) is 2.73. The third-order valence-electron chi connectivity index (χ3n) is 2.05. The first kappa shape index (κ1) is 11.4. The van der Waals surface area contributed by atoms with E-state index >= 15 is 0 Å². The fourth-order valence-electron chi connectivity index (χ4n) is 1.36. The minimum Gasteiger partial charge on any atom is -0.483 e. The summed E-state index contributed by atoms with van der Waals surface area (Å²) in [5.74, 6) is 0.0502. The third-order valence-corrected chi connectivity index (χ3v) is 2.73. The fraction of sp³-hybridized carbons (Fsp3) is 0.0909. The van der Waals surface area contributed by atoms with Crippen LogP contribution in [-0.2, 0) is 4.79 Å². The quantitative estimate of drug-likeness (QED) is 0.853. The average molecular weight is 249 g/mol. The van der Waals surface area contributed by atoms with Gasteiger partial charge in [-0.05, 0) is 12.1 Å². The molecule has 0 saturated heterocycles. The topological polar surface area (TPSA) is 91.2 Å². The van der Waals surface area contributed by atoms with E-state index in [1.807, 2.05) is 23.6 Å². The van der Waals surface area contributed by atoms with Crippen LogP contribution in [0.25, 0.3) is 11.3 Å². The molecule has 1 aromatic heterocycles. The Bertz CT molecular complexity index is 539. The minimum absolute atomic E-state index is 0.156. The van der Waals surface area contributed by atoms with Crippen molar-refractivity contribution >= 4 is 22.4 Å². The Morgan fingerprint density at radius 3 is 2.82 bits per heavy atom. The molecule has 2 rings (SSSR count). The van der Waals surface area contributed by atoms with E-state index < -0.39 is 5.91 Å². The maximum atomic E-state index is 10.7. The standard InChI is InChI=1S/C11H11N3O2S/c12-10(15)5-16-9-4-2-1-3-7(9)8-6-17-11(13)14-8/h1-4,6H,5H2,(H2,12,15)(H2,13,14). The summed E-state index contributed by atoms with van der Waals surface area (Å²) in [5.41, 5.74) is 12.1. The first-order valence-electron chi connectivity index (χ1n) is 4.88. The molecule has 4 N–H and O–H groups in total. The van der Waals surface area contributed by atoms with Crippen molar-refractivity contribution in [3.8, 4) is 17.0 Å². The number of benzene rings is 1. The van der Waals surface area contributed by atoms with E-state index in [1.54, 1.807) is 6.07 Å². The molecule has 0 fully saturated rings. The van der Waals surface area contributed by atoms with Gasteiger partial charge in [-0.3, -0.25) is 4.79 Å². The van der Waals surface area contributed by atoms with Crippen LogP contribution in [0.5, 0.6) is 5.75 Å². The number of rotatable bonds is 4. The molecule has 0 aliphatic rings. The van der Waals surface area contributed by atoms with Gasteiger partial charge in [0.05, 0.1) is 5.69 Å². The number of ether oxygens (including phenoxy) is 1. The van der Waals surface area contributed by atoms with Crippen LogP contribution >= 0.6 is 11.3 Å². The Labute approximate surface area is 102 Å². The van der Waals surface area contributed by atoms with E-state index in [1.165, 1.54) is 11.3 Å². The van der Waals surface area contributed by atoms with Gasteiger partial charge in [0, 0.05) is 10.9 Å². The number of anilines is 1. The summed E-state index contributed by atoms with van der Waals surface area (Å²) in [6.45, 7) is -0.156. The van der Waals surface area contributed by atoms with E-state index in [0.717, 1.165) is 11.3 Å². The van der Waals surface area contributed by atoms with Crippen molar-refractivity contribution in [2.75, 3.05) is 12.3 Å². The zero-order chi connectivity index (χ0) is 12.3. The normalized spacial score (nSPS) is 10.1. The van der Waals surface area contributed by atoms with E-state index in [2.05, 4.69) is 4.98 Å². The number of amides is 1. The summed E-state index contributed by atoms with van der Waals surface area (Å²) in [6.07, 6.45) is 0. The molecule has 2 aromatic rings. The maximum absolute atomic E-state index is 10.7. The highest BCUT2D eigenvalue weighted by molar-refractivity contribution is 7.13. The summed E-state index contributed by atoms with van der Waals surface area (Å²) >= 11 is 1.35. The Morgan fingerprint density at radius 1 is 1.41 bits per heavy atom. The number of hydrogen-bond donors (Lipinski definition) is 2. The smallest absolute Gasteiger partial charge is 0.255 e. The van der Waals surface area contributed by atoms with E-state index in [9.17, 15) is 4.79 Å². The predicted molar refractivity (Wildman–Crippen MR) is 66.7 cm³/mol. The highest BCUT2D eigenvalue weighted by Crippen LogP contribution is 2.31. The van der Waals surface area contributed by atoms with Gasteiger partial charge >= 0.3 is 0 Å². The average Bonchev–Trinajstić information content (AvgIpc) is 2.73. The molecule has 0 spiro atoms. The number of carbonyl (C=O) groups excluding carboxylic acids is 1. The number of aromatic nitrogens is 1. The van der Waals surface area contributed by atoms with Gasteiger partial charge in [0.2, 0.25) is 0 Å². The van der Waals surface area contributed by atoms with Gasteiger partial charge in [0.25, 0.3) is 5.91 Å². The Hall–Kier alpha value is -2.08. The number of nitrogens with zero attached hydrogens (tertiary/aromatic N) is 1. The number of carbonyl (C=O) groups is 1. The van der Waals surface area contributed by atoms with E-state index in [4.69, 9.17) is 16.2 Å². The zero-order valence-corrected chi connectivity index (χ0v) is 9.74. The lowest BCUT2D eigenvalue weighted by atomic mass is 10.1. The molecule has 1 aromatic carbocycles. The van der Waals surface area contributed by atoms with Crippen LogP contribution in [-0.4, -0.2) is 17.5 Å². The van der Waals surface area contributed by atoms with Crippen LogP contribution in [0, 0.1) is 0 Å². The fourth-order valence-corrected chi connectivity index (χ4v) is 1.93. The van der Waals surface area contributed by atoms with Crippen LogP contribution < -0.4 is 16.2 Å². The van der Waals surface area contributed by atoms with Gasteiger partial charge in [-0.15, -0.1) is 11.3 Å². The molecule has 0 unspecified atom stereocenters. The van der Waals surface area contributed by atoms with E-state index in [0.29, 0.717) is 10.9 Å². The molecule has 1 amide bonds. The molecule has 0 aliphatic carbocycles. The summed E-state index contributed by atoms with van der Waals surface area (Å²) in [6, 6.07) is 7.29. The molecule has 6 heteroatoms. The van der Waals surface area contributed by atoms with Crippen LogP contribution in [0.2, 0.25) is 0 Å². The lowest BCUT2D eigenvalue weighted by Gasteiger charge is -2.07. The highest BCUT2D eigenvalue weighted by atomic mass is 32.1. The molecule has 0 bridgehead atoms. The molecule has 17 heavy (non-hydrogen) atoms. The minimum atomic E-state index is -0.516. The molecule has 5 nitrogen and oxygen atoms in total. The summed E-state index contributed by atoms with van der Waals surface area (Å²) in [4.78, 5) is 14.9. The molecule has 0 aliphatic heterocycles. The van der Waals surface area contributed by atoms with Crippen molar-refractivity contribution in [2.45, 2.75) is 0 Å². The highest BCUT2D eigenvalue weighted by Gasteiger charge is 2.09. The molecular weight excluding hydrogens is 238 g/mol. The first-order chi connectivity index (χ1) is 8.16. The number of nitrogens with two attached hydrogens (primary N) is 2. The molecule has 0 saturated carbocycles. The monoisotopic (exact) mass is 249 g/mol. The maximum Gasteiger partial charge on any atom is 0.255 e. The molecule has 0 radical (unpaired) electrons. The van der Waals surface area contributed by atoms with Crippen LogP contribution in [0.1, 0.15) is 0 Å². The van der Waals surface area contributed by atoms with Gasteiger partial charge in [-0.2, -0.15) is 0 Å². The first-order valence-corrected chi connectivity index (χ1v) is 5.76. The van der Waals surface area contributed by atoms with E-state index in [-0.39, 0.29) is 6.61 Å². The lowest BCUT2D eigenvalue weighted by molar-refractivity contribution is -0.119. The number of primary amides is 1. The molecule has 88 valence electrons. The predicted octanol–water partition coefficient (Wildman–Crippen LogP) is 1.26.